The number of hydrogen-bond acceptors (Lipinski definition) is 4. The maximum Gasteiger partial charge on any atom is 0.277 e. The monoisotopic (exact) mass is 349 g/mol. The van der Waals surface area contributed by atoms with Gasteiger partial charge in [0, 0.05) is 17.9 Å². The number of thioether (sulfide) groups is 1. The lowest BCUT2D eigenvalue weighted by Gasteiger charge is -2.07. The fourth-order valence-corrected chi connectivity index (χ4v) is 3.21. The number of carbonyl (C=O) groups excluding carboxylic acids is 1. The van der Waals surface area contributed by atoms with Gasteiger partial charge in [-0.25, -0.2) is 0 Å². The average molecular weight is 349 g/mol. The molecule has 0 N–H and O–H groups in total. The summed E-state index contributed by atoms with van der Waals surface area (Å²) in [6.07, 6.45) is 0. The van der Waals surface area contributed by atoms with Gasteiger partial charge in [0.15, 0.2) is 5.12 Å². The van der Waals surface area contributed by atoms with Gasteiger partial charge in [0.05, 0.1) is 10.5 Å². The fraction of sp³-hybridized carbons (Fsp3) is 0.0500. The van der Waals surface area contributed by atoms with E-state index in [9.17, 15) is 14.9 Å². The second-order valence-corrected chi connectivity index (χ2v) is 6.72. The van der Waals surface area contributed by atoms with Crippen molar-refractivity contribution in [2.75, 3.05) is 0 Å². The third-order valence-corrected chi connectivity index (χ3v) is 4.52. The quantitative estimate of drug-likeness (QED) is 0.351. The van der Waals surface area contributed by atoms with Crippen LogP contribution in [0.2, 0.25) is 0 Å². The number of benzene rings is 3. The molecule has 0 heterocycles. The van der Waals surface area contributed by atoms with Crippen LogP contribution < -0.4 is 0 Å². The minimum atomic E-state index is -0.361. The molecular formula is C20H15NO3S. The van der Waals surface area contributed by atoms with E-state index in [1.807, 2.05) is 36.4 Å². The van der Waals surface area contributed by atoms with Crippen LogP contribution in [0, 0.1) is 10.1 Å². The van der Waals surface area contributed by atoms with Crippen LogP contribution in [-0.4, -0.2) is 10.0 Å². The average Bonchev–Trinajstić information content (AvgIpc) is 2.62. The summed E-state index contributed by atoms with van der Waals surface area (Å²) in [6.45, 7) is 1.51. The van der Waals surface area contributed by atoms with Gasteiger partial charge in [0.2, 0.25) is 0 Å². The minimum absolute atomic E-state index is 0.00550. The summed E-state index contributed by atoms with van der Waals surface area (Å²) in [7, 11) is 0. The van der Waals surface area contributed by atoms with Gasteiger partial charge >= 0.3 is 0 Å². The van der Waals surface area contributed by atoms with Gasteiger partial charge in [-0.15, -0.1) is 0 Å². The number of nitrogens with zero attached hydrogens (tertiary/aromatic N) is 1. The lowest BCUT2D eigenvalue weighted by atomic mass is 9.98. The first-order valence-electron chi connectivity index (χ1n) is 7.67. The first-order chi connectivity index (χ1) is 12.0. The van der Waals surface area contributed by atoms with Crippen molar-refractivity contribution >= 4 is 22.6 Å². The van der Waals surface area contributed by atoms with Gasteiger partial charge in [-0.2, -0.15) is 0 Å². The number of hydrogen-bond donors (Lipinski definition) is 0. The molecule has 0 unspecified atom stereocenters. The molecule has 0 aliphatic rings. The normalized spacial score (nSPS) is 10.4. The Morgan fingerprint density at radius 2 is 1.52 bits per heavy atom. The zero-order valence-electron chi connectivity index (χ0n) is 13.5. The minimum Gasteiger partial charge on any atom is -0.287 e. The van der Waals surface area contributed by atoms with E-state index in [0.717, 1.165) is 33.3 Å². The Morgan fingerprint density at radius 1 is 0.880 bits per heavy atom. The van der Waals surface area contributed by atoms with Crippen LogP contribution in [0.25, 0.3) is 22.3 Å². The number of nitro groups is 1. The number of carbonyl (C=O) groups is 1. The first-order valence-corrected chi connectivity index (χ1v) is 8.49. The molecule has 0 saturated heterocycles. The molecule has 0 spiro atoms. The molecule has 0 radical (unpaired) electrons. The molecular weight excluding hydrogens is 334 g/mol. The summed E-state index contributed by atoms with van der Waals surface area (Å²) in [5.74, 6) is 0. The third kappa shape index (κ3) is 3.95. The van der Waals surface area contributed by atoms with Crippen LogP contribution in [0.3, 0.4) is 0 Å². The summed E-state index contributed by atoms with van der Waals surface area (Å²) in [5.41, 5.74) is 3.11. The third-order valence-electron chi connectivity index (χ3n) is 3.73. The zero-order chi connectivity index (χ0) is 17.8. The van der Waals surface area contributed by atoms with Crippen LogP contribution in [0.15, 0.2) is 77.7 Å². The molecule has 0 atom stereocenters. The van der Waals surface area contributed by atoms with Crippen molar-refractivity contribution in [3.8, 4) is 22.3 Å². The van der Waals surface area contributed by atoms with Crippen LogP contribution in [-0.2, 0) is 4.79 Å². The van der Waals surface area contributed by atoms with E-state index < -0.39 is 0 Å². The molecule has 4 nitrogen and oxygen atoms in total. The summed E-state index contributed by atoms with van der Waals surface area (Å²) in [4.78, 5) is 23.2. The molecule has 0 aliphatic carbocycles. The van der Waals surface area contributed by atoms with Crippen molar-refractivity contribution in [1.82, 2.24) is 0 Å². The second-order valence-electron chi connectivity index (χ2n) is 5.47. The summed E-state index contributed by atoms with van der Waals surface area (Å²) in [6, 6.07) is 22.0. The summed E-state index contributed by atoms with van der Waals surface area (Å²) in [5, 5.41) is 11.6. The Kier molecular flexibility index (Phi) is 4.95. The maximum atomic E-state index is 11.5. The molecule has 3 aromatic rings. The van der Waals surface area contributed by atoms with Crippen molar-refractivity contribution in [2.45, 2.75) is 11.8 Å². The van der Waals surface area contributed by atoms with Crippen molar-refractivity contribution in [3.63, 3.8) is 0 Å². The van der Waals surface area contributed by atoms with Crippen LogP contribution in [0.4, 0.5) is 5.69 Å². The molecule has 0 saturated carbocycles. The zero-order valence-corrected chi connectivity index (χ0v) is 14.3. The highest BCUT2D eigenvalue weighted by molar-refractivity contribution is 8.13. The lowest BCUT2D eigenvalue weighted by molar-refractivity contribution is -0.384. The van der Waals surface area contributed by atoms with Crippen molar-refractivity contribution in [3.05, 3.63) is 82.9 Å². The second kappa shape index (κ2) is 7.32. The van der Waals surface area contributed by atoms with Gasteiger partial charge in [-0.3, -0.25) is 14.9 Å². The van der Waals surface area contributed by atoms with E-state index in [0.29, 0.717) is 5.56 Å². The van der Waals surface area contributed by atoms with Crippen molar-refractivity contribution in [1.29, 1.82) is 0 Å². The largest absolute Gasteiger partial charge is 0.287 e. The fourth-order valence-electron chi connectivity index (χ4n) is 2.61. The summed E-state index contributed by atoms with van der Waals surface area (Å²) >= 11 is 1.14. The molecule has 0 amide bonds. The Hall–Kier alpha value is -2.92. The number of nitro benzene ring substituents is 1. The predicted octanol–water partition coefficient (Wildman–Crippen LogP) is 5.57. The predicted molar refractivity (Wildman–Crippen MR) is 101 cm³/mol. The lowest BCUT2D eigenvalue weighted by Crippen LogP contribution is -1.93. The molecule has 0 fully saturated rings. The van der Waals surface area contributed by atoms with Crippen LogP contribution >= 0.6 is 11.8 Å². The SMILES string of the molecule is CC(=O)Sc1ccc(-c2ccc(-c3ccccc3)cc2[N+](=O)[O-])cc1. The highest BCUT2D eigenvalue weighted by atomic mass is 32.2. The highest BCUT2D eigenvalue weighted by Gasteiger charge is 2.17. The standard InChI is InChI=1S/C20H15NO3S/c1-14(22)25-18-10-7-16(8-11-18)19-12-9-17(13-20(19)21(23)24)15-5-3-2-4-6-15/h2-13H,1H3. The van der Waals surface area contributed by atoms with Crippen molar-refractivity contribution in [2.24, 2.45) is 0 Å². The van der Waals surface area contributed by atoms with E-state index in [1.54, 1.807) is 36.4 Å². The van der Waals surface area contributed by atoms with E-state index in [4.69, 9.17) is 0 Å². The molecule has 25 heavy (non-hydrogen) atoms. The van der Waals surface area contributed by atoms with E-state index >= 15 is 0 Å². The van der Waals surface area contributed by atoms with E-state index in [-0.39, 0.29) is 15.7 Å². The van der Waals surface area contributed by atoms with Crippen LogP contribution in [0.1, 0.15) is 6.92 Å². The molecule has 3 rings (SSSR count). The topological polar surface area (TPSA) is 60.2 Å². The Labute approximate surface area is 149 Å². The maximum absolute atomic E-state index is 11.5. The smallest absolute Gasteiger partial charge is 0.277 e. The van der Waals surface area contributed by atoms with Gasteiger partial charge in [-0.05, 0) is 34.9 Å². The van der Waals surface area contributed by atoms with Gasteiger partial charge in [0.1, 0.15) is 0 Å². The van der Waals surface area contributed by atoms with Gasteiger partial charge < -0.3 is 0 Å². The highest BCUT2D eigenvalue weighted by Crippen LogP contribution is 2.34. The number of rotatable bonds is 4. The molecule has 5 heteroatoms. The molecule has 0 aliphatic heterocycles. The Bertz CT molecular complexity index is 921. The molecule has 3 aromatic carbocycles. The first kappa shape index (κ1) is 16.9. The van der Waals surface area contributed by atoms with E-state index in [1.165, 1.54) is 6.92 Å². The van der Waals surface area contributed by atoms with Crippen molar-refractivity contribution < 1.29 is 9.72 Å². The van der Waals surface area contributed by atoms with Crippen LogP contribution in [0.5, 0.6) is 0 Å². The summed E-state index contributed by atoms with van der Waals surface area (Å²) < 4.78 is 0. The van der Waals surface area contributed by atoms with Gasteiger partial charge in [-0.1, -0.05) is 60.3 Å². The Morgan fingerprint density at radius 3 is 2.12 bits per heavy atom. The van der Waals surface area contributed by atoms with E-state index in [2.05, 4.69) is 0 Å². The Balaban J connectivity index is 2.01. The molecule has 124 valence electrons. The van der Waals surface area contributed by atoms with Gasteiger partial charge in [0.25, 0.3) is 5.69 Å². The molecule has 0 aromatic heterocycles. The molecule has 0 bridgehead atoms.